The predicted octanol–water partition coefficient (Wildman–Crippen LogP) is 4.53. The second kappa shape index (κ2) is 6.51. The van der Waals surface area contributed by atoms with Crippen molar-refractivity contribution in [1.29, 1.82) is 0 Å². The van der Waals surface area contributed by atoms with Gasteiger partial charge in [-0.2, -0.15) is 0 Å². The van der Waals surface area contributed by atoms with Crippen LogP contribution in [0.2, 0.25) is 5.02 Å². The molecule has 0 aliphatic rings. The summed E-state index contributed by atoms with van der Waals surface area (Å²) in [6.45, 7) is 0.518. The van der Waals surface area contributed by atoms with Gasteiger partial charge in [0.1, 0.15) is 5.82 Å². The summed E-state index contributed by atoms with van der Waals surface area (Å²) >= 11 is 9.51. The van der Waals surface area contributed by atoms with Crippen LogP contribution in [0.3, 0.4) is 0 Å². The molecule has 4 heteroatoms. The summed E-state index contributed by atoms with van der Waals surface area (Å²) in [5.41, 5.74) is 7.92. The lowest BCUT2D eigenvalue weighted by atomic mass is 9.92. The van der Waals surface area contributed by atoms with Crippen LogP contribution in [0.25, 0.3) is 0 Å². The summed E-state index contributed by atoms with van der Waals surface area (Å²) in [5.74, 6) is -0.152. The van der Waals surface area contributed by atoms with Crippen molar-refractivity contribution in [3.8, 4) is 0 Å². The summed E-state index contributed by atoms with van der Waals surface area (Å²) < 4.78 is 14.0. The quantitative estimate of drug-likeness (QED) is 0.868. The Morgan fingerprint density at radius 2 is 2.00 bits per heavy atom. The molecule has 1 unspecified atom stereocenters. The average molecular weight is 343 g/mol. The molecule has 0 saturated heterocycles. The van der Waals surface area contributed by atoms with Crippen LogP contribution in [0.15, 0.2) is 46.9 Å². The Morgan fingerprint density at radius 1 is 1.21 bits per heavy atom. The first-order valence-electron chi connectivity index (χ1n) is 5.99. The fourth-order valence-electron chi connectivity index (χ4n) is 2.05. The Labute approximate surface area is 125 Å². The lowest BCUT2D eigenvalue weighted by Crippen LogP contribution is -2.15. The molecule has 0 fully saturated rings. The second-order valence-electron chi connectivity index (χ2n) is 4.43. The summed E-state index contributed by atoms with van der Waals surface area (Å²) in [6.07, 6.45) is 0.700. The monoisotopic (exact) mass is 341 g/mol. The van der Waals surface area contributed by atoms with E-state index >= 15 is 0 Å². The smallest absolute Gasteiger partial charge is 0.124 e. The van der Waals surface area contributed by atoms with Crippen molar-refractivity contribution in [3.05, 3.63) is 68.9 Å². The first-order valence-corrected chi connectivity index (χ1v) is 7.16. The highest BCUT2D eigenvalue weighted by Crippen LogP contribution is 2.26. The van der Waals surface area contributed by atoms with Gasteiger partial charge in [-0.15, -0.1) is 0 Å². The molecule has 0 aromatic heterocycles. The van der Waals surface area contributed by atoms with E-state index in [1.54, 1.807) is 6.07 Å². The van der Waals surface area contributed by atoms with Crippen molar-refractivity contribution < 1.29 is 4.39 Å². The molecule has 100 valence electrons. The minimum atomic E-state index is -0.319. The van der Waals surface area contributed by atoms with Gasteiger partial charge in [-0.05, 0) is 48.4 Å². The number of rotatable bonds is 4. The molecule has 0 spiro atoms. The third-order valence-corrected chi connectivity index (χ3v) is 3.93. The van der Waals surface area contributed by atoms with Crippen molar-refractivity contribution in [1.82, 2.24) is 0 Å². The van der Waals surface area contributed by atoms with Gasteiger partial charge in [-0.1, -0.05) is 45.7 Å². The normalized spacial score (nSPS) is 12.4. The maximum Gasteiger partial charge on any atom is 0.124 e. The molecule has 0 heterocycles. The standard InChI is InChI=1S/C15H14BrClFN/c16-13-3-1-2-10(7-13)12(9-19)6-11-4-5-14(18)8-15(11)17/h1-5,7-8,12H,6,9,19H2. The molecule has 2 aromatic carbocycles. The Hall–Kier alpha value is -0.900. The van der Waals surface area contributed by atoms with Crippen molar-refractivity contribution >= 4 is 27.5 Å². The fourth-order valence-corrected chi connectivity index (χ4v) is 2.71. The summed E-state index contributed by atoms with van der Waals surface area (Å²) in [5, 5.41) is 0.452. The van der Waals surface area contributed by atoms with Gasteiger partial charge < -0.3 is 5.73 Å². The van der Waals surface area contributed by atoms with Gasteiger partial charge in [0.25, 0.3) is 0 Å². The summed E-state index contributed by atoms with van der Waals surface area (Å²) in [6, 6.07) is 12.5. The van der Waals surface area contributed by atoms with Crippen LogP contribution < -0.4 is 5.73 Å². The van der Waals surface area contributed by atoms with E-state index in [-0.39, 0.29) is 11.7 Å². The van der Waals surface area contributed by atoms with Gasteiger partial charge in [0.2, 0.25) is 0 Å². The molecule has 0 bridgehead atoms. The second-order valence-corrected chi connectivity index (χ2v) is 5.75. The molecule has 2 rings (SSSR count). The summed E-state index contributed by atoms with van der Waals surface area (Å²) in [4.78, 5) is 0. The minimum absolute atomic E-state index is 0.167. The van der Waals surface area contributed by atoms with Crippen LogP contribution in [0.1, 0.15) is 17.0 Å². The molecule has 1 atom stereocenters. The molecular weight excluding hydrogens is 329 g/mol. The molecule has 2 aromatic rings. The van der Waals surface area contributed by atoms with Crippen molar-refractivity contribution in [2.24, 2.45) is 5.73 Å². The zero-order valence-corrected chi connectivity index (χ0v) is 12.6. The number of hydrogen-bond acceptors (Lipinski definition) is 1. The Morgan fingerprint density at radius 3 is 2.63 bits per heavy atom. The third kappa shape index (κ3) is 3.78. The number of hydrogen-bond donors (Lipinski definition) is 1. The summed E-state index contributed by atoms with van der Waals surface area (Å²) in [7, 11) is 0. The molecule has 2 N–H and O–H groups in total. The zero-order valence-electron chi connectivity index (χ0n) is 10.2. The molecule has 0 radical (unpaired) electrons. The van der Waals surface area contributed by atoms with Crippen LogP contribution >= 0.6 is 27.5 Å². The topological polar surface area (TPSA) is 26.0 Å². The first-order chi connectivity index (χ1) is 9.10. The molecule has 19 heavy (non-hydrogen) atoms. The van der Waals surface area contributed by atoms with E-state index in [9.17, 15) is 4.39 Å². The van der Waals surface area contributed by atoms with Gasteiger partial charge in [-0.25, -0.2) is 4.39 Å². The fraction of sp³-hybridized carbons (Fsp3) is 0.200. The average Bonchev–Trinajstić information content (AvgIpc) is 2.38. The molecule has 0 aliphatic heterocycles. The Balaban J connectivity index is 2.24. The van der Waals surface area contributed by atoms with Crippen molar-refractivity contribution in [3.63, 3.8) is 0 Å². The number of benzene rings is 2. The predicted molar refractivity (Wildman–Crippen MR) is 81.1 cm³/mol. The Kier molecular flexibility index (Phi) is 4.97. The lowest BCUT2D eigenvalue weighted by Gasteiger charge is -2.16. The van der Waals surface area contributed by atoms with E-state index in [4.69, 9.17) is 17.3 Å². The first kappa shape index (κ1) is 14.5. The van der Waals surface area contributed by atoms with Crippen LogP contribution in [0.4, 0.5) is 4.39 Å². The van der Waals surface area contributed by atoms with Gasteiger partial charge in [-0.3, -0.25) is 0 Å². The van der Waals surface area contributed by atoms with Crippen LogP contribution in [-0.4, -0.2) is 6.54 Å². The highest BCUT2D eigenvalue weighted by atomic mass is 79.9. The van der Waals surface area contributed by atoms with E-state index in [1.807, 2.05) is 18.2 Å². The minimum Gasteiger partial charge on any atom is -0.330 e. The van der Waals surface area contributed by atoms with Crippen molar-refractivity contribution in [2.45, 2.75) is 12.3 Å². The van der Waals surface area contributed by atoms with Gasteiger partial charge in [0.05, 0.1) is 0 Å². The zero-order chi connectivity index (χ0) is 13.8. The third-order valence-electron chi connectivity index (χ3n) is 3.09. The molecule has 0 saturated carbocycles. The van der Waals surface area contributed by atoms with E-state index in [1.165, 1.54) is 12.1 Å². The molecule has 1 nitrogen and oxygen atoms in total. The van der Waals surface area contributed by atoms with Crippen molar-refractivity contribution in [2.75, 3.05) is 6.54 Å². The molecular formula is C15H14BrClFN. The van der Waals surface area contributed by atoms with E-state index in [0.717, 1.165) is 15.6 Å². The van der Waals surface area contributed by atoms with E-state index in [2.05, 4.69) is 22.0 Å². The van der Waals surface area contributed by atoms with Crippen LogP contribution in [0.5, 0.6) is 0 Å². The SMILES string of the molecule is NCC(Cc1ccc(F)cc1Cl)c1cccc(Br)c1. The van der Waals surface area contributed by atoms with Gasteiger partial charge in [0, 0.05) is 15.4 Å². The molecule has 0 amide bonds. The highest BCUT2D eigenvalue weighted by Gasteiger charge is 2.13. The number of nitrogens with two attached hydrogens (primary N) is 1. The Bertz CT molecular complexity index is 574. The van der Waals surface area contributed by atoms with E-state index in [0.29, 0.717) is 18.0 Å². The van der Waals surface area contributed by atoms with Gasteiger partial charge in [0.15, 0.2) is 0 Å². The molecule has 0 aliphatic carbocycles. The lowest BCUT2D eigenvalue weighted by molar-refractivity contribution is 0.625. The van der Waals surface area contributed by atoms with Gasteiger partial charge >= 0.3 is 0 Å². The maximum atomic E-state index is 13.0. The maximum absolute atomic E-state index is 13.0. The van der Waals surface area contributed by atoms with Crippen LogP contribution in [-0.2, 0) is 6.42 Å². The largest absolute Gasteiger partial charge is 0.330 e. The van der Waals surface area contributed by atoms with Crippen LogP contribution in [0, 0.1) is 5.82 Å². The highest BCUT2D eigenvalue weighted by molar-refractivity contribution is 9.10. The van der Waals surface area contributed by atoms with E-state index < -0.39 is 0 Å². The number of halogens is 3.